The zero-order valence-corrected chi connectivity index (χ0v) is 19.2. The quantitative estimate of drug-likeness (QED) is 0.444. The maximum atomic E-state index is 13.4. The number of amides is 1. The fraction of sp³-hybridized carbons (Fsp3) is 0.222. The van der Waals surface area contributed by atoms with E-state index >= 15 is 0 Å². The lowest BCUT2D eigenvalue weighted by Crippen LogP contribution is -2.49. The molecule has 0 atom stereocenters. The Kier molecular flexibility index (Phi) is 6.25. The Bertz CT molecular complexity index is 1250. The van der Waals surface area contributed by atoms with Crippen LogP contribution in [0.15, 0.2) is 84.9 Å². The van der Waals surface area contributed by atoms with Crippen LogP contribution in [0.2, 0.25) is 0 Å². The maximum absolute atomic E-state index is 13.4. The van der Waals surface area contributed by atoms with E-state index in [9.17, 15) is 4.79 Å². The first kappa shape index (κ1) is 21.7. The summed E-state index contributed by atoms with van der Waals surface area (Å²) in [5.41, 5.74) is 3.06. The van der Waals surface area contributed by atoms with Crippen LogP contribution >= 0.6 is 0 Å². The number of benzene rings is 3. The van der Waals surface area contributed by atoms with Crippen LogP contribution in [0.1, 0.15) is 22.0 Å². The molecular weight excluding hydrogens is 426 g/mol. The zero-order chi connectivity index (χ0) is 23.3. The first-order valence-electron chi connectivity index (χ1n) is 11.5. The standard InChI is InChI=1S/C27H27N5O2/c1-34-24-15-9-8-14-23(24)30-16-18-31(19-17-30)27(33)26-28-25(20-21-10-4-2-5-11-21)32(29-26)22-12-6-3-7-13-22/h2-15H,16-20H2,1H3. The molecule has 1 amide bonds. The van der Waals surface area contributed by atoms with Gasteiger partial charge in [0.05, 0.1) is 18.5 Å². The van der Waals surface area contributed by atoms with Crippen LogP contribution < -0.4 is 9.64 Å². The SMILES string of the molecule is COc1ccccc1N1CCN(C(=O)c2nc(Cc3ccccc3)n(-c3ccccc3)n2)CC1. The Hall–Kier alpha value is -4.13. The van der Waals surface area contributed by atoms with Crippen molar-refractivity contribution in [2.45, 2.75) is 6.42 Å². The normalized spacial score (nSPS) is 13.7. The Balaban J connectivity index is 1.36. The Morgan fingerprint density at radius 3 is 2.21 bits per heavy atom. The second kappa shape index (κ2) is 9.79. The van der Waals surface area contributed by atoms with Crippen molar-refractivity contribution >= 4 is 11.6 Å². The number of carbonyl (C=O) groups is 1. The molecule has 172 valence electrons. The number of nitrogens with zero attached hydrogens (tertiary/aromatic N) is 5. The van der Waals surface area contributed by atoms with Gasteiger partial charge in [0, 0.05) is 32.6 Å². The largest absolute Gasteiger partial charge is 0.495 e. The second-order valence-electron chi connectivity index (χ2n) is 8.21. The van der Waals surface area contributed by atoms with E-state index in [4.69, 9.17) is 4.74 Å². The number of carbonyl (C=O) groups excluding carboxylic acids is 1. The molecule has 34 heavy (non-hydrogen) atoms. The molecule has 1 aromatic heterocycles. The summed E-state index contributed by atoms with van der Waals surface area (Å²) >= 11 is 0. The van der Waals surface area contributed by atoms with Crippen molar-refractivity contribution < 1.29 is 9.53 Å². The number of aromatic nitrogens is 3. The minimum Gasteiger partial charge on any atom is -0.495 e. The van der Waals surface area contributed by atoms with Gasteiger partial charge in [-0.05, 0) is 29.8 Å². The van der Waals surface area contributed by atoms with Gasteiger partial charge < -0.3 is 14.5 Å². The van der Waals surface area contributed by atoms with E-state index in [1.807, 2.05) is 71.6 Å². The number of ether oxygens (including phenoxy) is 1. The van der Waals surface area contributed by atoms with Gasteiger partial charge in [-0.15, -0.1) is 5.10 Å². The summed E-state index contributed by atoms with van der Waals surface area (Å²) in [5.74, 6) is 1.69. The molecule has 1 saturated heterocycles. The van der Waals surface area contributed by atoms with E-state index < -0.39 is 0 Å². The van der Waals surface area contributed by atoms with E-state index in [0.717, 1.165) is 41.6 Å². The van der Waals surface area contributed by atoms with Crippen LogP contribution in [-0.2, 0) is 6.42 Å². The Morgan fingerprint density at radius 1 is 0.853 bits per heavy atom. The van der Waals surface area contributed by atoms with E-state index in [1.165, 1.54) is 0 Å². The third kappa shape index (κ3) is 4.50. The number of hydrogen-bond acceptors (Lipinski definition) is 5. The molecule has 0 N–H and O–H groups in total. The summed E-state index contributed by atoms with van der Waals surface area (Å²) in [4.78, 5) is 22.1. The van der Waals surface area contributed by atoms with Gasteiger partial charge in [-0.1, -0.05) is 60.7 Å². The van der Waals surface area contributed by atoms with Crippen molar-refractivity contribution in [1.29, 1.82) is 0 Å². The van der Waals surface area contributed by atoms with Crippen molar-refractivity contribution in [3.05, 3.63) is 102 Å². The molecular formula is C27H27N5O2. The summed E-state index contributed by atoms with van der Waals surface area (Å²) in [6.07, 6.45) is 0.595. The number of para-hydroxylation sites is 3. The molecule has 3 aromatic carbocycles. The molecule has 0 bridgehead atoms. The molecule has 0 aliphatic carbocycles. The lowest BCUT2D eigenvalue weighted by molar-refractivity contribution is 0.0734. The van der Waals surface area contributed by atoms with Crippen LogP contribution in [0.4, 0.5) is 5.69 Å². The Labute approximate surface area is 199 Å². The predicted molar refractivity (Wildman–Crippen MR) is 132 cm³/mol. The fourth-order valence-corrected chi connectivity index (χ4v) is 4.29. The van der Waals surface area contributed by atoms with Gasteiger partial charge in [-0.2, -0.15) is 0 Å². The second-order valence-corrected chi connectivity index (χ2v) is 8.21. The average Bonchev–Trinajstić information content (AvgIpc) is 3.33. The molecule has 0 spiro atoms. The smallest absolute Gasteiger partial charge is 0.293 e. The molecule has 7 heteroatoms. The van der Waals surface area contributed by atoms with Crippen LogP contribution in [0.5, 0.6) is 5.75 Å². The lowest BCUT2D eigenvalue weighted by Gasteiger charge is -2.36. The highest BCUT2D eigenvalue weighted by Gasteiger charge is 2.27. The molecule has 1 aliphatic heterocycles. The minimum absolute atomic E-state index is 0.135. The third-order valence-electron chi connectivity index (χ3n) is 6.06. The summed E-state index contributed by atoms with van der Waals surface area (Å²) in [7, 11) is 1.68. The third-order valence-corrected chi connectivity index (χ3v) is 6.06. The van der Waals surface area contributed by atoms with Crippen molar-refractivity contribution in [1.82, 2.24) is 19.7 Å². The lowest BCUT2D eigenvalue weighted by atomic mass is 10.1. The topological polar surface area (TPSA) is 63.5 Å². The van der Waals surface area contributed by atoms with Crippen molar-refractivity contribution in [2.24, 2.45) is 0 Å². The molecule has 2 heterocycles. The van der Waals surface area contributed by atoms with E-state index in [1.54, 1.807) is 11.8 Å². The summed E-state index contributed by atoms with van der Waals surface area (Å²) in [6.45, 7) is 2.65. The van der Waals surface area contributed by atoms with Gasteiger partial charge in [0.1, 0.15) is 11.6 Å². The van der Waals surface area contributed by atoms with Crippen LogP contribution in [0, 0.1) is 0 Å². The van der Waals surface area contributed by atoms with Gasteiger partial charge in [-0.3, -0.25) is 4.79 Å². The number of hydrogen-bond donors (Lipinski definition) is 0. The minimum atomic E-state index is -0.135. The molecule has 0 saturated carbocycles. The highest BCUT2D eigenvalue weighted by Crippen LogP contribution is 2.28. The van der Waals surface area contributed by atoms with Crippen molar-refractivity contribution in [2.75, 3.05) is 38.2 Å². The highest BCUT2D eigenvalue weighted by atomic mass is 16.5. The van der Waals surface area contributed by atoms with Crippen molar-refractivity contribution in [3.63, 3.8) is 0 Å². The molecule has 1 fully saturated rings. The molecule has 0 radical (unpaired) electrons. The van der Waals surface area contributed by atoms with Gasteiger partial charge in [-0.25, -0.2) is 9.67 Å². The predicted octanol–water partition coefficient (Wildman–Crippen LogP) is 3.83. The van der Waals surface area contributed by atoms with Crippen LogP contribution in [0.25, 0.3) is 5.69 Å². The molecule has 4 aromatic rings. The highest BCUT2D eigenvalue weighted by molar-refractivity contribution is 5.90. The zero-order valence-electron chi connectivity index (χ0n) is 19.2. The summed E-state index contributed by atoms with van der Waals surface area (Å²) < 4.78 is 7.29. The molecule has 1 aliphatic rings. The molecule has 0 unspecified atom stereocenters. The maximum Gasteiger partial charge on any atom is 0.293 e. The number of methoxy groups -OCH3 is 1. The van der Waals surface area contributed by atoms with Crippen molar-refractivity contribution in [3.8, 4) is 11.4 Å². The van der Waals surface area contributed by atoms with E-state index in [-0.39, 0.29) is 11.7 Å². The van der Waals surface area contributed by atoms with Crippen LogP contribution in [-0.4, -0.2) is 58.9 Å². The first-order chi connectivity index (χ1) is 16.7. The summed E-state index contributed by atoms with van der Waals surface area (Å²) in [6, 6.07) is 27.9. The number of rotatable bonds is 6. The van der Waals surface area contributed by atoms with Gasteiger partial charge in [0.25, 0.3) is 5.91 Å². The average molecular weight is 454 g/mol. The first-order valence-corrected chi connectivity index (χ1v) is 11.5. The number of anilines is 1. The van der Waals surface area contributed by atoms with Gasteiger partial charge >= 0.3 is 0 Å². The summed E-state index contributed by atoms with van der Waals surface area (Å²) in [5, 5.41) is 4.64. The van der Waals surface area contributed by atoms with E-state index in [2.05, 4.69) is 33.2 Å². The fourth-order valence-electron chi connectivity index (χ4n) is 4.29. The van der Waals surface area contributed by atoms with Gasteiger partial charge in [0.2, 0.25) is 5.82 Å². The number of piperazine rings is 1. The monoisotopic (exact) mass is 453 g/mol. The Morgan fingerprint density at radius 2 is 1.50 bits per heavy atom. The van der Waals surface area contributed by atoms with Crippen LogP contribution in [0.3, 0.4) is 0 Å². The molecule has 7 nitrogen and oxygen atoms in total. The molecule has 5 rings (SSSR count). The van der Waals surface area contributed by atoms with E-state index in [0.29, 0.717) is 19.5 Å². The van der Waals surface area contributed by atoms with Gasteiger partial charge in [0.15, 0.2) is 0 Å².